The van der Waals surface area contributed by atoms with Gasteiger partial charge in [-0.05, 0) is 49.1 Å². The van der Waals surface area contributed by atoms with Crippen LogP contribution in [0.2, 0.25) is 0 Å². The maximum Gasteiger partial charge on any atom is 0.160 e. The summed E-state index contributed by atoms with van der Waals surface area (Å²) >= 11 is 0. The van der Waals surface area contributed by atoms with Crippen LogP contribution in [0.15, 0.2) is 61.2 Å². The molecule has 152 valence electrons. The Morgan fingerprint density at radius 1 is 1.07 bits per heavy atom. The maximum absolute atomic E-state index is 9.76. The Kier molecular flexibility index (Phi) is 10.2. The van der Waals surface area contributed by atoms with Crippen LogP contribution < -0.4 is 10.1 Å². The molecule has 0 heterocycles. The topological polar surface area (TPSA) is 50.7 Å². The molecule has 4 nitrogen and oxygen atoms in total. The molecule has 0 aromatic heterocycles. The highest BCUT2D eigenvalue weighted by molar-refractivity contribution is 5.42. The summed E-state index contributed by atoms with van der Waals surface area (Å²) in [7, 11) is 1.55. The average Bonchev–Trinajstić information content (AvgIpc) is 2.73. The van der Waals surface area contributed by atoms with Crippen LogP contribution in [0.5, 0.6) is 11.5 Å². The largest absolute Gasteiger partial charge is 0.504 e. The van der Waals surface area contributed by atoms with E-state index in [2.05, 4.69) is 36.2 Å². The first-order valence-corrected chi connectivity index (χ1v) is 10.1. The van der Waals surface area contributed by atoms with Crippen molar-refractivity contribution in [1.29, 1.82) is 0 Å². The number of aromatic hydroxyl groups is 1. The number of unbranched alkanes of at least 4 members (excludes halogenated alkanes) is 3. The lowest BCUT2D eigenvalue weighted by Crippen LogP contribution is -2.14. The lowest BCUT2D eigenvalue weighted by molar-refractivity contribution is 0.0517. The molecule has 1 atom stereocenters. The molecule has 0 aliphatic carbocycles. The smallest absolute Gasteiger partial charge is 0.160 e. The van der Waals surface area contributed by atoms with Gasteiger partial charge in [0.1, 0.15) is 0 Å². The van der Waals surface area contributed by atoms with Gasteiger partial charge in [0.05, 0.1) is 13.2 Å². The fraction of sp³-hybridized carbons (Fsp3) is 0.417. The first kappa shape index (κ1) is 22.0. The second kappa shape index (κ2) is 13.0. The third-order valence-electron chi connectivity index (χ3n) is 4.70. The molecule has 0 saturated heterocycles. The number of benzene rings is 2. The molecule has 1 unspecified atom stereocenters. The van der Waals surface area contributed by atoms with Gasteiger partial charge in [-0.1, -0.05) is 55.3 Å². The van der Waals surface area contributed by atoms with E-state index in [1.807, 2.05) is 24.3 Å². The van der Waals surface area contributed by atoms with E-state index in [9.17, 15) is 5.11 Å². The Labute approximate surface area is 169 Å². The second-order valence-electron chi connectivity index (χ2n) is 6.89. The number of hydrogen-bond acceptors (Lipinski definition) is 4. The van der Waals surface area contributed by atoms with Crippen LogP contribution in [-0.4, -0.2) is 25.4 Å². The van der Waals surface area contributed by atoms with Crippen molar-refractivity contribution in [3.05, 3.63) is 72.3 Å². The monoisotopic (exact) mass is 383 g/mol. The first-order valence-electron chi connectivity index (χ1n) is 10.1. The number of phenols is 1. The van der Waals surface area contributed by atoms with Crippen molar-refractivity contribution in [3.63, 3.8) is 0 Å². The minimum Gasteiger partial charge on any atom is -0.504 e. The summed E-state index contributed by atoms with van der Waals surface area (Å²) in [5.74, 6) is 0.614. The van der Waals surface area contributed by atoms with Gasteiger partial charge in [0, 0.05) is 13.2 Å². The Morgan fingerprint density at radius 2 is 1.86 bits per heavy atom. The van der Waals surface area contributed by atoms with Crippen LogP contribution in [0.3, 0.4) is 0 Å². The third-order valence-corrected chi connectivity index (χ3v) is 4.70. The number of hydrogen-bond donors (Lipinski definition) is 2. The predicted molar refractivity (Wildman–Crippen MR) is 115 cm³/mol. The quantitative estimate of drug-likeness (QED) is 0.339. The lowest BCUT2D eigenvalue weighted by atomic mass is 10.1. The molecule has 0 bridgehead atoms. The van der Waals surface area contributed by atoms with Crippen LogP contribution in [0.1, 0.15) is 49.3 Å². The standard InChI is InChI=1S/C24H33NO3/c1-3-11-23(21-14-15-22(26)24(18-21)27-2)28-17-10-5-4-9-16-25-19-20-12-7-6-8-13-20/h3,6-8,12-15,18,23,25-26H,1,4-5,9-11,16-17,19H2,2H3. The zero-order valence-corrected chi connectivity index (χ0v) is 16.9. The van der Waals surface area contributed by atoms with E-state index in [1.165, 1.54) is 18.4 Å². The Balaban J connectivity index is 1.60. The van der Waals surface area contributed by atoms with Crippen molar-refractivity contribution in [3.8, 4) is 11.5 Å². The van der Waals surface area contributed by atoms with Crippen LogP contribution in [0, 0.1) is 0 Å². The summed E-state index contributed by atoms with van der Waals surface area (Å²) in [5, 5.41) is 13.2. The zero-order chi connectivity index (χ0) is 20.0. The Bertz CT molecular complexity index is 688. The molecule has 0 saturated carbocycles. The van der Waals surface area contributed by atoms with Gasteiger partial charge in [0.15, 0.2) is 11.5 Å². The van der Waals surface area contributed by atoms with Gasteiger partial charge in [0.2, 0.25) is 0 Å². The van der Waals surface area contributed by atoms with E-state index in [-0.39, 0.29) is 11.9 Å². The van der Waals surface area contributed by atoms with Gasteiger partial charge in [-0.3, -0.25) is 0 Å². The van der Waals surface area contributed by atoms with E-state index in [0.29, 0.717) is 5.75 Å². The number of rotatable bonds is 14. The van der Waals surface area contributed by atoms with Gasteiger partial charge in [-0.25, -0.2) is 0 Å². The molecule has 28 heavy (non-hydrogen) atoms. The van der Waals surface area contributed by atoms with E-state index < -0.39 is 0 Å². The SMILES string of the molecule is C=CCC(OCCCCCCNCc1ccccc1)c1ccc(O)c(OC)c1. The van der Waals surface area contributed by atoms with Crippen LogP contribution in [0.4, 0.5) is 0 Å². The lowest BCUT2D eigenvalue weighted by Gasteiger charge is -2.18. The maximum atomic E-state index is 9.76. The van der Waals surface area contributed by atoms with Crippen LogP contribution in [-0.2, 0) is 11.3 Å². The fourth-order valence-electron chi connectivity index (χ4n) is 3.11. The Hall–Kier alpha value is -2.30. The van der Waals surface area contributed by atoms with Crippen LogP contribution >= 0.6 is 0 Å². The highest BCUT2D eigenvalue weighted by Crippen LogP contribution is 2.31. The molecule has 0 radical (unpaired) electrons. The molecule has 2 N–H and O–H groups in total. The van der Waals surface area contributed by atoms with Crippen molar-refractivity contribution in [2.24, 2.45) is 0 Å². The molecule has 2 rings (SSSR count). The van der Waals surface area contributed by atoms with Crippen molar-refractivity contribution < 1.29 is 14.6 Å². The molecule has 0 amide bonds. The highest BCUT2D eigenvalue weighted by atomic mass is 16.5. The molecule has 0 aliphatic heterocycles. The molecular formula is C24H33NO3. The van der Waals surface area contributed by atoms with Crippen molar-refractivity contribution in [2.45, 2.75) is 44.8 Å². The molecular weight excluding hydrogens is 350 g/mol. The minimum absolute atomic E-state index is 0.0560. The van der Waals surface area contributed by atoms with Crippen LogP contribution in [0.25, 0.3) is 0 Å². The molecule has 0 aliphatic rings. The zero-order valence-electron chi connectivity index (χ0n) is 16.9. The van der Waals surface area contributed by atoms with Crippen molar-refractivity contribution in [1.82, 2.24) is 5.32 Å². The summed E-state index contributed by atoms with van der Waals surface area (Å²) in [6.45, 7) is 6.53. The minimum atomic E-state index is -0.0560. The van der Waals surface area contributed by atoms with Gasteiger partial charge >= 0.3 is 0 Å². The highest BCUT2D eigenvalue weighted by Gasteiger charge is 2.13. The number of methoxy groups -OCH3 is 1. The second-order valence-corrected chi connectivity index (χ2v) is 6.89. The number of phenolic OH excluding ortho intramolecular Hbond substituents is 1. The molecule has 2 aromatic rings. The van der Waals surface area contributed by atoms with E-state index >= 15 is 0 Å². The predicted octanol–water partition coefficient (Wildman–Crippen LogP) is 5.38. The summed E-state index contributed by atoms with van der Waals surface area (Å²) in [4.78, 5) is 0. The first-order chi connectivity index (χ1) is 13.7. The van der Waals surface area contributed by atoms with E-state index in [1.54, 1.807) is 13.2 Å². The van der Waals surface area contributed by atoms with Gasteiger partial charge in [-0.15, -0.1) is 6.58 Å². The molecule has 0 spiro atoms. The van der Waals surface area contributed by atoms with Crippen molar-refractivity contribution in [2.75, 3.05) is 20.3 Å². The van der Waals surface area contributed by atoms with Gasteiger partial charge in [-0.2, -0.15) is 0 Å². The fourth-order valence-corrected chi connectivity index (χ4v) is 3.11. The molecule has 2 aromatic carbocycles. The third kappa shape index (κ3) is 7.75. The summed E-state index contributed by atoms with van der Waals surface area (Å²) < 4.78 is 11.3. The van der Waals surface area contributed by atoms with Crippen molar-refractivity contribution >= 4 is 0 Å². The molecule has 0 fully saturated rings. The van der Waals surface area contributed by atoms with E-state index in [0.717, 1.165) is 44.5 Å². The Morgan fingerprint density at radius 3 is 2.61 bits per heavy atom. The number of nitrogens with one attached hydrogen (secondary N) is 1. The normalized spacial score (nSPS) is 11.9. The summed E-state index contributed by atoms with van der Waals surface area (Å²) in [6.07, 6.45) is 7.12. The molecule has 4 heteroatoms. The summed E-state index contributed by atoms with van der Waals surface area (Å²) in [5.41, 5.74) is 2.33. The summed E-state index contributed by atoms with van der Waals surface area (Å²) in [6, 6.07) is 15.9. The van der Waals surface area contributed by atoms with Gasteiger partial charge in [0.25, 0.3) is 0 Å². The number of ether oxygens (including phenoxy) is 2. The van der Waals surface area contributed by atoms with E-state index in [4.69, 9.17) is 9.47 Å². The van der Waals surface area contributed by atoms with Gasteiger partial charge < -0.3 is 19.9 Å². The average molecular weight is 384 g/mol.